The van der Waals surface area contributed by atoms with E-state index < -0.39 is 0 Å². The van der Waals surface area contributed by atoms with Gasteiger partial charge in [-0.25, -0.2) is 0 Å². The molecule has 0 aromatic heterocycles. The Bertz CT molecular complexity index is 388. The second-order valence-corrected chi connectivity index (χ2v) is 6.08. The maximum atomic E-state index is 8.62. The molecule has 1 atom stereocenters. The van der Waals surface area contributed by atoms with Gasteiger partial charge >= 0.3 is 0 Å². The van der Waals surface area contributed by atoms with Crippen LogP contribution >= 0.6 is 0 Å². The van der Waals surface area contributed by atoms with Crippen LogP contribution in [0.4, 0.5) is 0 Å². The van der Waals surface area contributed by atoms with Gasteiger partial charge in [0.05, 0.1) is 19.8 Å². The average molecular weight is 308 g/mol. The van der Waals surface area contributed by atoms with Crippen LogP contribution in [-0.2, 0) is 10.2 Å². The van der Waals surface area contributed by atoms with Gasteiger partial charge in [-0.05, 0) is 36.0 Å². The molecule has 1 N–H and O–H groups in total. The molecule has 0 spiro atoms. The van der Waals surface area contributed by atoms with E-state index in [0.717, 1.165) is 12.2 Å². The molecule has 0 bridgehead atoms. The zero-order chi connectivity index (χ0) is 16.3. The lowest BCUT2D eigenvalue weighted by Crippen LogP contribution is -2.20. The van der Waals surface area contributed by atoms with Crippen LogP contribution in [0.25, 0.3) is 0 Å². The third kappa shape index (κ3) is 6.37. The molecule has 1 aromatic rings. The van der Waals surface area contributed by atoms with E-state index in [-0.39, 0.29) is 12.0 Å². The van der Waals surface area contributed by atoms with Crippen molar-refractivity contribution in [1.29, 1.82) is 0 Å². The van der Waals surface area contributed by atoms with Crippen molar-refractivity contribution in [3.05, 3.63) is 29.8 Å². The number of ether oxygens (including phenoxy) is 2. The Hall–Kier alpha value is -1.06. The molecule has 3 nitrogen and oxygen atoms in total. The number of hydrogen-bond donors (Lipinski definition) is 1. The molecule has 0 amide bonds. The zero-order valence-corrected chi connectivity index (χ0v) is 14.4. The molecular formula is C19H32O3. The molecule has 0 aliphatic carbocycles. The van der Waals surface area contributed by atoms with Crippen LogP contribution in [0, 0.1) is 0 Å². The molecule has 0 saturated heterocycles. The predicted molar refractivity (Wildman–Crippen MR) is 91.6 cm³/mol. The van der Waals surface area contributed by atoms with Crippen LogP contribution in [-0.4, -0.2) is 31.5 Å². The Morgan fingerprint density at radius 1 is 1.00 bits per heavy atom. The van der Waals surface area contributed by atoms with E-state index in [1.54, 1.807) is 0 Å². The van der Waals surface area contributed by atoms with Gasteiger partial charge in [-0.15, -0.1) is 0 Å². The lowest BCUT2D eigenvalue weighted by molar-refractivity contribution is 0.0705. The van der Waals surface area contributed by atoms with Crippen molar-refractivity contribution < 1.29 is 14.6 Å². The van der Waals surface area contributed by atoms with Gasteiger partial charge in [0.1, 0.15) is 12.4 Å². The highest BCUT2D eigenvalue weighted by Gasteiger charge is 2.23. The lowest BCUT2D eigenvalue weighted by atomic mass is 9.76. The number of hydrogen-bond acceptors (Lipinski definition) is 3. The van der Waals surface area contributed by atoms with E-state index in [9.17, 15) is 0 Å². The first-order chi connectivity index (χ1) is 10.7. The second-order valence-electron chi connectivity index (χ2n) is 6.08. The molecule has 0 aliphatic rings. The summed E-state index contributed by atoms with van der Waals surface area (Å²) >= 11 is 0. The summed E-state index contributed by atoms with van der Waals surface area (Å²) in [5.74, 6) is 0.878. The number of aliphatic hydroxyl groups is 1. The van der Waals surface area contributed by atoms with Gasteiger partial charge in [-0.3, -0.25) is 0 Å². The summed E-state index contributed by atoms with van der Waals surface area (Å²) in [5.41, 5.74) is 1.66. The topological polar surface area (TPSA) is 38.7 Å². The highest BCUT2D eigenvalue weighted by molar-refractivity contribution is 5.32. The lowest BCUT2D eigenvalue weighted by Gasteiger charge is -2.29. The summed E-state index contributed by atoms with van der Waals surface area (Å²) in [6.45, 7) is 8.33. The Labute approximate surface area is 135 Å². The van der Waals surface area contributed by atoms with Crippen molar-refractivity contribution in [3.63, 3.8) is 0 Å². The van der Waals surface area contributed by atoms with E-state index >= 15 is 0 Å². The highest BCUT2D eigenvalue weighted by atomic mass is 16.5. The highest BCUT2D eigenvalue weighted by Crippen LogP contribution is 2.34. The fraction of sp³-hybridized carbons (Fsp3) is 0.684. The van der Waals surface area contributed by atoms with Crippen LogP contribution in [0.15, 0.2) is 24.3 Å². The van der Waals surface area contributed by atoms with Crippen molar-refractivity contribution >= 4 is 0 Å². The molecule has 0 fully saturated rings. The van der Waals surface area contributed by atoms with Gasteiger partial charge in [0.25, 0.3) is 0 Å². The predicted octanol–water partition coefficient (Wildman–Crippen LogP) is 4.32. The maximum Gasteiger partial charge on any atom is 0.119 e. The molecule has 126 valence electrons. The van der Waals surface area contributed by atoms with Crippen LogP contribution in [0.1, 0.15) is 58.4 Å². The molecule has 1 aromatic carbocycles. The van der Waals surface area contributed by atoms with Crippen molar-refractivity contribution in [1.82, 2.24) is 0 Å². The van der Waals surface area contributed by atoms with Gasteiger partial charge < -0.3 is 14.6 Å². The molecule has 0 saturated carbocycles. The molecule has 0 aliphatic heterocycles. The third-order valence-electron chi connectivity index (χ3n) is 4.40. The maximum absolute atomic E-state index is 8.62. The standard InChI is InChI=1S/C19H32O3/c1-4-6-7-12-19(3,5-2)17-8-10-18(11-9-17)22-16-15-21-14-13-20/h8-11,20H,4-7,12-16H2,1-3H3. The minimum absolute atomic E-state index is 0.0579. The first kappa shape index (κ1) is 19.0. The number of aliphatic hydroxyl groups excluding tert-OH is 1. The molecular weight excluding hydrogens is 276 g/mol. The van der Waals surface area contributed by atoms with Crippen LogP contribution in [0.3, 0.4) is 0 Å². The van der Waals surface area contributed by atoms with E-state index in [0.29, 0.717) is 19.8 Å². The van der Waals surface area contributed by atoms with Crippen molar-refractivity contribution in [3.8, 4) is 5.75 Å². The SMILES string of the molecule is CCCCCC(C)(CC)c1ccc(OCCOCCO)cc1. The summed E-state index contributed by atoms with van der Waals surface area (Å²) in [6.07, 6.45) is 6.27. The summed E-state index contributed by atoms with van der Waals surface area (Å²) in [7, 11) is 0. The monoisotopic (exact) mass is 308 g/mol. The quantitative estimate of drug-likeness (QED) is 0.584. The number of benzene rings is 1. The first-order valence-electron chi connectivity index (χ1n) is 8.58. The smallest absolute Gasteiger partial charge is 0.119 e. The number of unbranched alkanes of at least 4 members (excludes halogenated alkanes) is 2. The van der Waals surface area contributed by atoms with Crippen LogP contribution < -0.4 is 4.74 Å². The van der Waals surface area contributed by atoms with E-state index in [1.165, 1.54) is 31.2 Å². The number of rotatable bonds is 12. The fourth-order valence-electron chi connectivity index (χ4n) is 2.63. The van der Waals surface area contributed by atoms with Gasteiger partial charge in [-0.2, -0.15) is 0 Å². The Balaban J connectivity index is 2.50. The molecule has 22 heavy (non-hydrogen) atoms. The van der Waals surface area contributed by atoms with Gasteiger partial charge in [0.15, 0.2) is 0 Å². The van der Waals surface area contributed by atoms with Crippen molar-refractivity contribution in [2.75, 3.05) is 26.4 Å². The summed E-state index contributed by atoms with van der Waals surface area (Å²) in [4.78, 5) is 0. The van der Waals surface area contributed by atoms with Gasteiger partial charge in [-0.1, -0.05) is 52.2 Å². The minimum atomic E-state index is 0.0579. The third-order valence-corrected chi connectivity index (χ3v) is 4.40. The average Bonchev–Trinajstić information content (AvgIpc) is 2.55. The second kappa shape index (κ2) is 10.6. The van der Waals surface area contributed by atoms with Crippen LogP contribution in [0.2, 0.25) is 0 Å². The van der Waals surface area contributed by atoms with Crippen molar-refractivity contribution in [2.24, 2.45) is 0 Å². The zero-order valence-electron chi connectivity index (χ0n) is 14.4. The molecule has 1 rings (SSSR count). The summed E-state index contributed by atoms with van der Waals surface area (Å²) < 4.78 is 10.8. The normalized spacial score (nSPS) is 13.8. The summed E-state index contributed by atoms with van der Waals surface area (Å²) in [5, 5.41) is 8.62. The largest absolute Gasteiger partial charge is 0.491 e. The fourth-order valence-corrected chi connectivity index (χ4v) is 2.63. The Morgan fingerprint density at radius 3 is 2.32 bits per heavy atom. The van der Waals surface area contributed by atoms with Gasteiger partial charge in [0, 0.05) is 0 Å². The Kier molecular flexibility index (Phi) is 9.17. The molecule has 0 radical (unpaired) electrons. The van der Waals surface area contributed by atoms with Crippen molar-refractivity contribution in [2.45, 2.75) is 58.3 Å². The van der Waals surface area contributed by atoms with Gasteiger partial charge in [0.2, 0.25) is 0 Å². The van der Waals surface area contributed by atoms with E-state index in [2.05, 4.69) is 45.0 Å². The molecule has 1 unspecified atom stereocenters. The molecule has 0 heterocycles. The Morgan fingerprint density at radius 2 is 1.73 bits per heavy atom. The summed E-state index contributed by atoms with van der Waals surface area (Å²) in [6, 6.07) is 8.49. The van der Waals surface area contributed by atoms with E-state index in [4.69, 9.17) is 14.6 Å². The molecule has 3 heteroatoms. The first-order valence-corrected chi connectivity index (χ1v) is 8.58. The van der Waals surface area contributed by atoms with Crippen LogP contribution in [0.5, 0.6) is 5.75 Å². The van der Waals surface area contributed by atoms with E-state index in [1.807, 2.05) is 0 Å². The minimum Gasteiger partial charge on any atom is -0.491 e.